The van der Waals surface area contributed by atoms with E-state index in [1.54, 1.807) is 7.11 Å². The predicted molar refractivity (Wildman–Crippen MR) is 115 cm³/mol. The Balaban J connectivity index is 1.41. The molecule has 0 radical (unpaired) electrons. The number of likely N-dealkylation sites (tertiary alicyclic amines) is 1. The zero-order valence-electron chi connectivity index (χ0n) is 17.6. The van der Waals surface area contributed by atoms with Gasteiger partial charge in [-0.3, -0.25) is 4.90 Å². The summed E-state index contributed by atoms with van der Waals surface area (Å²) in [5.74, 6) is 3.40. The van der Waals surface area contributed by atoms with E-state index in [1.165, 1.54) is 32.2 Å². The van der Waals surface area contributed by atoms with Crippen molar-refractivity contribution in [3.63, 3.8) is 0 Å². The van der Waals surface area contributed by atoms with Gasteiger partial charge in [0, 0.05) is 49.1 Å². The standard InChI is InChI=1S/C22H31N5O2/c1-15-11-21(23-2)26-22(24-15)25-17-7-8-19(28-3)20(12-17)29-14-16-9-10-27(13-16)18-5-4-6-18/h7-8,11-12,16,18H,4-6,9-10,13-14H2,1-3H3,(H2,23,24,25,26)/t16-/m1/s1. The Labute approximate surface area is 172 Å². The normalized spacial score (nSPS) is 19.6. The van der Waals surface area contributed by atoms with Crippen molar-refractivity contribution in [3.05, 3.63) is 30.0 Å². The Morgan fingerprint density at radius 3 is 2.72 bits per heavy atom. The summed E-state index contributed by atoms with van der Waals surface area (Å²) in [4.78, 5) is 11.6. The van der Waals surface area contributed by atoms with Gasteiger partial charge in [0.1, 0.15) is 5.82 Å². The van der Waals surface area contributed by atoms with E-state index in [0.29, 0.717) is 18.5 Å². The number of ether oxygens (including phenoxy) is 2. The lowest BCUT2D eigenvalue weighted by atomic mass is 9.92. The molecule has 1 aliphatic heterocycles. The molecule has 1 aromatic carbocycles. The molecule has 2 fully saturated rings. The van der Waals surface area contributed by atoms with Crippen LogP contribution in [0.3, 0.4) is 0 Å². The highest BCUT2D eigenvalue weighted by molar-refractivity contribution is 5.60. The van der Waals surface area contributed by atoms with Gasteiger partial charge >= 0.3 is 0 Å². The van der Waals surface area contributed by atoms with Crippen LogP contribution in [0, 0.1) is 12.8 Å². The highest BCUT2D eigenvalue weighted by Crippen LogP contribution is 2.33. The number of methoxy groups -OCH3 is 1. The lowest BCUT2D eigenvalue weighted by Crippen LogP contribution is -2.38. The SMILES string of the molecule is CNc1cc(C)nc(Nc2ccc(OC)c(OC[C@@H]3CCN(C4CCC4)C3)c2)n1. The third kappa shape index (κ3) is 4.72. The monoisotopic (exact) mass is 397 g/mol. The van der Waals surface area contributed by atoms with Gasteiger partial charge in [-0.15, -0.1) is 0 Å². The molecule has 2 N–H and O–H groups in total. The van der Waals surface area contributed by atoms with Crippen molar-refractivity contribution < 1.29 is 9.47 Å². The van der Waals surface area contributed by atoms with E-state index >= 15 is 0 Å². The molecule has 2 aliphatic rings. The number of anilines is 3. The summed E-state index contributed by atoms with van der Waals surface area (Å²) in [6.07, 6.45) is 5.33. The zero-order chi connectivity index (χ0) is 20.2. The van der Waals surface area contributed by atoms with E-state index in [-0.39, 0.29) is 0 Å². The number of aryl methyl sites for hydroxylation is 1. The van der Waals surface area contributed by atoms with E-state index in [1.807, 2.05) is 38.2 Å². The lowest BCUT2D eigenvalue weighted by Gasteiger charge is -2.34. The fraction of sp³-hybridized carbons (Fsp3) is 0.545. The molecule has 7 heteroatoms. The molecule has 4 rings (SSSR count). The van der Waals surface area contributed by atoms with Crippen LogP contribution >= 0.6 is 0 Å². The molecule has 1 aliphatic carbocycles. The van der Waals surface area contributed by atoms with Crippen molar-refractivity contribution in [2.75, 3.05) is 44.5 Å². The first kappa shape index (κ1) is 19.8. The average Bonchev–Trinajstić information content (AvgIpc) is 3.13. The Morgan fingerprint density at radius 2 is 2.00 bits per heavy atom. The summed E-state index contributed by atoms with van der Waals surface area (Å²) in [5, 5.41) is 6.33. The van der Waals surface area contributed by atoms with Crippen LogP contribution in [-0.4, -0.2) is 54.8 Å². The minimum Gasteiger partial charge on any atom is -0.493 e. The fourth-order valence-corrected chi connectivity index (χ4v) is 4.04. The second-order valence-corrected chi connectivity index (χ2v) is 8.00. The highest BCUT2D eigenvalue weighted by atomic mass is 16.5. The van der Waals surface area contributed by atoms with Crippen LogP contribution in [-0.2, 0) is 0 Å². The van der Waals surface area contributed by atoms with Crippen molar-refractivity contribution in [2.24, 2.45) is 5.92 Å². The number of nitrogens with zero attached hydrogens (tertiary/aromatic N) is 3. The zero-order valence-corrected chi connectivity index (χ0v) is 17.6. The van der Waals surface area contributed by atoms with Crippen LogP contribution in [0.5, 0.6) is 11.5 Å². The maximum absolute atomic E-state index is 6.19. The van der Waals surface area contributed by atoms with E-state index in [0.717, 1.165) is 41.3 Å². The molecule has 1 aromatic heterocycles. The molecular weight excluding hydrogens is 366 g/mol. The second kappa shape index (κ2) is 8.86. The van der Waals surface area contributed by atoms with Crippen LogP contribution in [0.25, 0.3) is 0 Å². The molecule has 0 amide bonds. The average molecular weight is 398 g/mol. The predicted octanol–water partition coefficient (Wildman–Crippen LogP) is 3.83. The smallest absolute Gasteiger partial charge is 0.229 e. The quantitative estimate of drug-likeness (QED) is 0.701. The van der Waals surface area contributed by atoms with Gasteiger partial charge in [0.2, 0.25) is 5.95 Å². The first-order valence-corrected chi connectivity index (χ1v) is 10.5. The van der Waals surface area contributed by atoms with E-state index < -0.39 is 0 Å². The first-order valence-electron chi connectivity index (χ1n) is 10.5. The van der Waals surface area contributed by atoms with Crippen molar-refractivity contribution in [2.45, 2.75) is 38.6 Å². The molecule has 7 nitrogen and oxygen atoms in total. The molecule has 0 spiro atoms. The summed E-state index contributed by atoms with van der Waals surface area (Å²) in [6, 6.07) is 8.55. The number of hydrogen-bond acceptors (Lipinski definition) is 7. The first-order chi connectivity index (χ1) is 14.1. The Hall–Kier alpha value is -2.54. The molecule has 1 atom stereocenters. The summed E-state index contributed by atoms with van der Waals surface area (Å²) >= 11 is 0. The molecule has 0 unspecified atom stereocenters. The van der Waals surface area contributed by atoms with E-state index in [4.69, 9.17) is 9.47 Å². The Morgan fingerprint density at radius 1 is 1.14 bits per heavy atom. The van der Waals surface area contributed by atoms with Gasteiger partial charge in [-0.05, 0) is 44.9 Å². The second-order valence-electron chi connectivity index (χ2n) is 8.00. The maximum Gasteiger partial charge on any atom is 0.229 e. The molecular formula is C22H31N5O2. The highest BCUT2D eigenvalue weighted by Gasteiger charge is 2.31. The molecule has 2 aromatic rings. The molecule has 2 heterocycles. The van der Waals surface area contributed by atoms with Crippen LogP contribution in [0.2, 0.25) is 0 Å². The Kier molecular flexibility index (Phi) is 6.04. The molecule has 1 saturated heterocycles. The van der Waals surface area contributed by atoms with Crippen molar-refractivity contribution >= 4 is 17.5 Å². The summed E-state index contributed by atoms with van der Waals surface area (Å²) in [7, 11) is 3.52. The van der Waals surface area contributed by atoms with Gasteiger partial charge in [-0.1, -0.05) is 6.42 Å². The van der Waals surface area contributed by atoms with Gasteiger partial charge in [0.25, 0.3) is 0 Å². The van der Waals surface area contributed by atoms with Gasteiger partial charge in [0.05, 0.1) is 13.7 Å². The van der Waals surface area contributed by atoms with Gasteiger partial charge in [0.15, 0.2) is 11.5 Å². The van der Waals surface area contributed by atoms with Crippen molar-refractivity contribution in [1.29, 1.82) is 0 Å². The third-order valence-electron chi connectivity index (χ3n) is 5.91. The van der Waals surface area contributed by atoms with Gasteiger partial charge < -0.3 is 20.1 Å². The number of hydrogen-bond donors (Lipinski definition) is 2. The summed E-state index contributed by atoms with van der Waals surface area (Å²) in [6.45, 7) is 5.02. The molecule has 29 heavy (non-hydrogen) atoms. The molecule has 1 saturated carbocycles. The van der Waals surface area contributed by atoms with Crippen LogP contribution in [0.15, 0.2) is 24.3 Å². The van der Waals surface area contributed by atoms with Crippen LogP contribution in [0.1, 0.15) is 31.4 Å². The fourth-order valence-electron chi connectivity index (χ4n) is 4.04. The maximum atomic E-state index is 6.19. The van der Waals surface area contributed by atoms with Crippen LogP contribution in [0.4, 0.5) is 17.5 Å². The molecule has 156 valence electrons. The molecule has 0 bridgehead atoms. The number of aromatic nitrogens is 2. The Bertz CT molecular complexity index is 840. The third-order valence-corrected chi connectivity index (χ3v) is 5.91. The lowest BCUT2D eigenvalue weighted by molar-refractivity contribution is 0.145. The number of nitrogens with one attached hydrogen (secondary N) is 2. The van der Waals surface area contributed by atoms with Crippen molar-refractivity contribution in [3.8, 4) is 11.5 Å². The number of benzene rings is 1. The minimum atomic E-state index is 0.553. The topological polar surface area (TPSA) is 71.5 Å². The van der Waals surface area contributed by atoms with Gasteiger partial charge in [-0.2, -0.15) is 4.98 Å². The largest absolute Gasteiger partial charge is 0.493 e. The minimum absolute atomic E-state index is 0.553. The number of rotatable bonds is 8. The summed E-state index contributed by atoms with van der Waals surface area (Å²) in [5.41, 5.74) is 1.77. The van der Waals surface area contributed by atoms with E-state index in [9.17, 15) is 0 Å². The van der Waals surface area contributed by atoms with Gasteiger partial charge in [-0.25, -0.2) is 4.98 Å². The van der Waals surface area contributed by atoms with E-state index in [2.05, 4.69) is 25.5 Å². The summed E-state index contributed by atoms with van der Waals surface area (Å²) < 4.78 is 11.7. The van der Waals surface area contributed by atoms with Crippen molar-refractivity contribution in [1.82, 2.24) is 14.9 Å². The van der Waals surface area contributed by atoms with Crippen LogP contribution < -0.4 is 20.1 Å².